The van der Waals surface area contributed by atoms with Crippen molar-refractivity contribution < 1.29 is 24.2 Å². The molecule has 0 aliphatic heterocycles. The molecule has 34 heavy (non-hydrogen) atoms. The first kappa shape index (κ1) is 23.0. The predicted molar refractivity (Wildman–Crippen MR) is 124 cm³/mol. The molecular weight excluding hydrogens is 436 g/mol. The summed E-state index contributed by atoms with van der Waals surface area (Å²) in [7, 11) is 1.56. The zero-order valence-electron chi connectivity index (χ0n) is 18.7. The molecule has 3 N–H and O–H groups in total. The fourth-order valence-electron chi connectivity index (χ4n) is 4.24. The number of imidazole rings is 1. The number of rotatable bonds is 9. The van der Waals surface area contributed by atoms with Crippen LogP contribution in [-0.2, 0) is 20.7 Å². The maximum absolute atomic E-state index is 12.8. The van der Waals surface area contributed by atoms with Crippen LogP contribution in [0.5, 0.6) is 0 Å². The summed E-state index contributed by atoms with van der Waals surface area (Å²) in [5.41, 5.74) is 5.18. The minimum Gasteiger partial charge on any atom is -0.481 e. The Morgan fingerprint density at radius 3 is 2.35 bits per heavy atom. The van der Waals surface area contributed by atoms with Gasteiger partial charge >= 0.3 is 12.1 Å². The molecule has 4 rings (SSSR count). The topological polar surface area (TPSA) is 125 Å². The molecule has 0 saturated carbocycles. The summed E-state index contributed by atoms with van der Waals surface area (Å²) >= 11 is 0. The van der Waals surface area contributed by atoms with Crippen molar-refractivity contribution in [2.75, 3.05) is 20.2 Å². The number of aromatic nitrogens is 2. The van der Waals surface area contributed by atoms with Crippen molar-refractivity contribution in [1.29, 1.82) is 0 Å². The fourth-order valence-corrected chi connectivity index (χ4v) is 4.24. The van der Waals surface area contributed by atoms with Crippen molar-refractivity contribution in [2.24, 2.45) is 0 Å². The van der Waals surface area contributed by atoms with Crippen LogP contribution in [0.2, 0.25) is 0 Å². The number of carbonyl (C=O) groups is 3. The Labute approximate surface area is 196 Å². The molecule has 3 aromatic rings. The van der Waals surface area contributed by atoms with E-state index in [2.05, 4.69) is 15.3 Å². The number of ether oxygens (including phenoxy) is 1. The van der Waals surface area contributed by atoms with Gasteiger partial charge in [0, 0.05) is 37.8 Å². The van der Waals surface area contributed by atoms with Crippen LogP contribution in [0.4, 0.5) is 4.79 Å². The number of carbonyl (C=O) groups excluding carboxylic acids is 2. The minimum atomic E-state index is -1.24. The van der Waals surface area contributed by atoms with E-state index in [1.807, 2.05) is 48.5 Å². The number of hydrogen-bond acceptors (Lipinski definition) is 5. The molecule has 1 aliphatic carbocycles. The lowest BCUT2D eigenvalue weighted by Gasteiger charge is -2.23. The van der Waals surface area contributed by atoms with E-state index >= 15 is 0 Å². The number of likely N-dealkylation sites (N-methyl/N-ethyl adjacent to an activating group) is 1. The highest BCUT2D eigenvalue weighted by Crippen LogP contribution is 2.44. The fraction of sp³-hybridized carbons (Fsp3) is 0.280. The average Bonchev–Trinajstić information content (AvgIpc) is 3.46. The third-order valence-corrected chi connectivity index (χ3v) is 5.96. The van der Waals surface area contributed by atoms with Crippen molar-refractivity contribution in [3.63, 3.8) is 0 Å². The van der Waals surface area contributed by atoms with Gasteiger partial charge in [-0.1, -0.05) is 48.5 Å². The van der Waals surface area contributed by atoms with Crippen LogP contribution in [0.1, 0.15) is 29.2 Å². The molecule has 9 nitrogen and oxygen atoms in total. The lowest BCUT2D eigenvalue weighted by Crippen LogP contribution is -2.49. The van der Waals surface area contributed by atoms with Crippen LogP contribution < -0.4 is 5.32 Å². The van der Waals surface area contributed by atoms with Crippen molar-refractivity contribution in [2.45, 2.75) is 24.8 Å². The molecule has 1 aromatic heterocycles. The molecule has 1 heterocycles. The highest BCUT2D eigenvalue weighted by atomic mass is 16.5. The molecule has 2 aromatic carbocycles. The van der Waals surface area contributed by atoms with E-state index in [1.54, 1.807) is 19.6 Å². The third-order valence-electron chi connectivity index (χ3n) is 5.96. The number of amides is 2. The van der Waals surface area contributed by atoms with Gasteiger partial charge in [0.05, 0.1) is 12.7 Å². The van der Waals surface area contributed by atoms with E-state index in [4.69, 9.17) is 4.74 Å². The molecule has 0 radical (unpaired) electrons. The maximum Gasteiger partial charge on any atom is 0.407 e. The Balaban J connectivity index is 1.38. The highest BCUT2D eigenvalue weighted by Gasteiger charge is 2.31. The smallest absolute Gasteiger partial charge is 0.407 e. The van der Waals surface area contributed by atoms with Crippen LogP contribution in [0.15, 0.2) is 61.1 Å². The van der Waals surface area contributed by atoms with Gasteiger partial charge in [-0.05, 0) is 22.3 Å². The molecular formula is C25H26N4O5. The van der Waals surface area contributed by atoms with Gasteiger partial charge in [0.1, 0.15) is 12.6 Å². The molecule has 9 heteroatoms. The van der Waals surface area contributed by atoms with Crippen LogP contribution in [0.25, 0.3) is 11.1 Å². The van der Waals surface area contributed by atoms with Crippen molar-refractivity contribution in [1.82, 2.24) is 20.2 Å². The molecule has 1 aliphatic rings. The number of aliphatic carboxylic acids is 1. The van der Waals surface area contributed by atoms with Crippen molar-refractivity contribution >= 4 is 18.0 Å². The summed E-state index contributed by atoms with van der Waals surface area (Å²) < 4.78 is 5.47. The summed E-state index contributed by atoms with van der Waals surface area (Å²) in [5.74, 6) is -1.83. The maximum atomic E-state index is 12.8. The molecule has 0 bridgehead atoms. The normalized spacial score (nSPS) is 13.0. The van der Waals surface area contributed by atoms with Gasteiger partial charge in [-0.2, -0.15) is 0 Å². The number of carboxylic acid groups (broad SMARTS) is 1. The highest BCUT2D eigenvalue weighted by molar-refractivity contribution is 5.89. The third kappa shape index (κ3) is 5.09. The Morgan fingerprint density at radius 2 is 1.76 bits per heavy atom. The molecule has 2 amide bonds. The SMILES string of the molecule is CN(CCc1cnc[nH]1)C(=O)C(CC(=O)O)NC(=O)OCC1c2ccccc2-c2ccccc21. The molecule has 0 saturated heterocycles. The first-order valence-electron chi connectivity index (χ1n) is 11.0. The zero-order valence-corrected chi connectivity index (χ0v) is 18.7. The number of benzene rings is 2. The lowest BCUT2D eigenvalue weighted by molar-refractivity contribution is -0.142. The summed E-state index contributed by atoms with van der Waals surface area (Å²) in [6.45, 7) is 0.410. The van der Waals surface area contributed by atoms with E-state index in [0.29, 0.717) is 13.0 Å². The van der Waals surface area contributed by atoms with Gasteiger partial charge in [-0.3, -0.25) is 9.59 Å². The van der Waals surface area contributed by atoms with E-state index < -0.39 is 30.4 Å². The summed E-state index contributed by atoms with van der Waals surface area (Å²) in [6.07, 6.45) is 2.35. The first-order valence-corrected chi connectivity index (χ1v) is 11.0. The molecule has 0 fully saturated rings. The standard InChI is InChI=1S/C25H26N4O5/c1-29(11-10-16-13-26-15-27-16)24(32)22(12-23(30)31)28-25(33)34-14-21-19-8-4-2-6-17(19)18-7-3-5-9-20(18)21/h2-9,13,15,21-22H,10-12,14H2,1H3,(H,26,27)(H,28,33)(H,30,31). The largest absolute Gasteiger partial charge is 0.481 e. The number of carboxylic acids is 1. The summed E-state index contributed by atoms with van der Waals surface area (Å²) in [6, 6.07) is 14.7. The van der Waals surface area contributed by atoms with Crippen LogP contribution in [0, 0.1) is 0 Å². The van der Waals surface area contributed by atoms with Gasteiger partial charge in [0.25, 0.3) is 0 Å². The van der Waals surface area contributed by atoms with E-state index in [0.717, 1.165) is 27.9 Å². The zero-order chi connectivity index (χ0) is 24.1. The number of fused-ring (bicyclic) bond motifs is 3. The number of H-pyrrole nitrogens is 1. The Bertz CT molecular complexity index is 1130. The van der Waals surface area contributed by atoms with E-state index in [1.165, 1.54) is 4.90 Å². The van der Waals surface area contributed by atoms with Gasteiger partial charge in [-0.25, -0.2) is 9.78 Å². The Morgan fingerprint density at radius 1 is 1.12 bits per heavy atom. The van der Waals surface area contributed by atoms with Gasteiger partial charge < -0.3 is 25.0 Å². The van der Waals surface area contributed by atoms with E-state index in [9.17, 15) is 19.5 Å². The first-order chi connectivity index (χ1) is 16.4. The lowest BCUT2D eigenvalue weighted by atomic mass is 9.98. The van der Waals surface area contributed by atoms with Crippen LogP contribution in [-0.4, -0.2) is 64.2 Å². The quantitative estimate of drug-likeness (QED) is 0.449. The number of alkyl carbamates (subject to hydrolysis) is 1. The van der Waals surface area contributed by atoms with Crippen LogP contribution >= 0.6 is 0 Å². The monoisotopic (exact) mass is 462 g/mol. The van der Waals surface area contributed by atoms with Crippen LogP contribution in [0.3, 0.4) is 0 Å². The molecule has 0 spiro atoms. The molecule has 1 unspecified atom stereocenters. The number of nitrogens with zero attached hydrogens (tertiary/aromatic N) is 2. The predicted octanol–water partition coefficient (Wildman–Crippen LogP) is 2.79. The molecule has 176 valence electrons. The molecule has 1 atom stereocenters. The number of nitrogens with one attached hydrogen (secondary N) is 2. The number of hydrogen-bond donors (Lipinski definition) is 3. The van der Waals surface area contributed by atoms with Gasteiger partial charge in [0.15, 0.2) is 0 Å². The second-order valence-electron chi connectivity index (χ2n) is 8.21. The van der Waals surface area contributed by atoms with Crippen molar-refractivity contribution in [3.8, 4) is 11.1 Å². The van der Waals surface area contributed by atoms with Gasteiger partial charge in [0.2, 0.25) is 5.91 Å². The summed E-state index contributed by atoms with van der Waals surface area (Å²) in [5, 5.41) is 11.7. The second kappa shape index (κ2) is 10.2. The second-order valence-corrected chi connectivity index (χ2v) is 8.21. The summed E-state index contributed by atoms with van der Waals surface area (Å²) in [4.78, 5) is 45.0. The van der Waals surface area contributed by atoms with Crippen molar-refractivity contribution in [3.05, 3.63) is 77.9 Å². The Kier molecular flexibility index (Phi) is 6.91. The van der Waals surface area contributed by atoms with E-state index in [-0.39, 0.29) is 12.5 Å². The number of aromatic amines is 1. The Hall–Kier alpha value is -4.14. The average molecular weight is 463 g/mol. The van der Waals surface area contributed by atoms with Gasteiger partial charge in [-0.15, -0.1) is 0 Å². The minimum absolute atomic E-state index is 0.0729.